The number of nitrogens with zero attached hydrogens (tertiary/aromatic N) is 3. The predicted octanol–water partition coefficient (Wildman–Crippen LogP) is 5.87. The molecule has 5 heteroatoms. The van der Waals surface area contributed by atoms with Crippen LogP contribution in [0.4, 0.5) is 5.69 Å². The van der Waals surface area contributed by atoms with Gasteiger partial charge < -0.3 is 9.80 Å². The van der Waals surface area contributed by atoms with Gasteiger partial charge in [-0.2, -0.15) is 5.26 Å². The lowest BCUT2D eigenvalue weighted by atomic mass is 9.68. The number of allylic oxidation sites excluding steroid dienone is 2. The van der Waals surface area contributed by atoms with Crippen molar-refractivity contribution in [1.82, 2.24) is 4.90 Å². The first-order chi connectivity index (χ1) is 16.4. The summed E-state index contributed by atoms with van der Waals surface area (Å²) < 4.78 is 1.01. The van der Waals surface area contributed by atoms with Gasteiger partial charge in [0, 0.05) is 40.2 Å². The number of carbonyl (C=O) groups is 1. The van der Waals surface area contributed by atoms with Gasteiger partial charge in [0.25, 0.3) is 0 Å². The number of anilines is 1. The molecule has 4 nitrogen and oxygen atoms in total. The van der Waals surface area contributed by atoms with Gasteiger partial charge in [0.2, 0.25) is 0 Å². The van der Waals surface area contributed by atoms with E-state index in [1.54, 1.807) is 0 Å². The molecule has 2 saturated heterocycles. The van der Waals surface area contributed by atoms with Gasteiger partial charge in [-0.15, -0.1) is 0 Å². The van der Waals surface area contributed by atoms with Crippen molar-refractivity contribution in [1.29, 1.82) is 5.26 Å². The molecule has 0 unspecified atom stereocenters. The minimum Gasteiger partial charge on any atom is -0.370 e. The Morgan fingerprint density at radius 2 is 1.76 bits per heavy atom. The summed E-state index contributed by atoms with van der Waals surface area (Å²) in [6, 6.07) is 13.0. The molecule has 0 radical (unpaired) electrons. The van der Waals surface area contributed by atoms with E-state index in [9.17, 15) is 10.1 Å². The van der Waals surface area contributed by atoms with E-state index < -0.39 is 0 Å². The van der Waals surface area contributed by atoms with Crippen molar-refractivity contribution in [2.45, 2.75) is 57.4 Å². The van der Waals surface area contributed by atoms with Gasteiger partial charge in [-0.05, 0) is 108 Å². The zero-order chi connectivity index (χ0) is 23.6. The molecule has 2 fully saturated rings. The lowest BCUT2D eigenvalue weighted by Crippen LogP contribution is -2.44. The number of hydrogen-bond donors (Lipinski definition) is 0. The summed E-state index contributed by atoms with van der Waals surface area (Å²) >= 11 is 3.82. The summed E-state index contributed by atoms with van der Waals surface area (Å²) in [5.74, 6) is 0.118. The molecule has 0 aromatic heterocycles. The molecule has 2 aliphatic carbocycles. The van der Waals surface area contributed by atoms with Crippen LogP contribution in [-0.2, 0) is 11.8 Å². The van der Waals surface area contributed by atoms with Crippen LogP contribution in [0.1, 0.15) is 72.1 Å². The summed E-state index contributed by atoms with van der Waals surface area (Å²) in [5.41, 5.74) is 7.71. The van der Waals surface area contributed by atoms with Gasteiger partial charge in [0.05, 0.1) is 17.3 Å². The Kier molecular flexibility index (Phi) is 5.24. The van der Waals surface area contributed by atoms with Gasteiger partial charge in [-0.25, -0.2) is 0 Å². The van der Waals surface area contributed by atoms with Crippen LogP contribution in [0.15, 0.2) is 40.4 Å². The smallest absolute Gasteiger partial charge is 0.193 e. The van der Waals surface area contributed by atoms with Crippen LogP contribution in [0.2, 0.25) is 0 Å². The van der Waals surface area contributed by atoms with Crippen LogP contribution in [0.5, 0.6) is 0 Å². The Morgan fingerprint density at radius 1 is 1.03 bits per heavy atom. The van der Waals surface area contributed by atoms with E-state index in [0.717, 1.165) is 57.9 Å². The first kappa shape index (κ1) is 22.1. The summed E-state index contributed by atoms with van der Waals surface area (Å²) in [6.45, 7) is 9.15. The van der Waals surface area contributed by atoms with Crippen molar-refractivity contribution in [3.8, 4) is 6.07 Å². The molecule has 0 saturated carbocycles. The van der Waals surface area contributed by atoms with Gasteiger partial charge in [0.15, 0.2) is 5.78 Å². The Labute approximate surface area is 210 Å². The highest BCUT2D eigenvalue weighted by Crippen LogP contribution is 2.51. The van der Waals surface area contributed by atoms with E-state index in [2.05, 4.69) is 57.8 Å². The van der Waals surface area contributed by atoms with E-state index in [0.29, 0.717) is 5.56 Å². The molecular weight excluding hydrogens is 486 g/mol. The van der Waals surface area contributed by atoms with Crippen LogP contribution in [-0.4, -0.2) is 42.9 Å². The molecular formula is C29H30BrN3O. The third-order valence-electron chi connectivity index (χ3n) is 8.62. The van der Waals surface area contributed by atoms with Crippen LogP contribution in [0, 0.1) is 11.3 Å². The first-order valence-electron chi connectivity index (χ1n) is 12.5. The number of fused-ring (bicyclic) bond motifs is 3. The van der Waals surface area contributed by atoms with E-state index in [1.165, 1.54) is 50.0 Å². The summed E-state index contributed by atoms with van der Waals surface area (Å²) in [5, 5.41) is 9.34. The molecule has 6 rings (SSSR count). The van der Waals surface area contributed by atoms with Crippen molar-refractivity contribution < 1.29 is 4.79 Å². The van der Waals surface area contributed by atoms with Gasteiger partial charge in [-0.3, -0.25) is 4.79 Å². The fourth-order valence-electron chi connectivity index (χ4n) is 6.67. The fraction of sp³-hybridized carbons (Fsp3) is 0.448. The molecule has 4 aliphatic rings. The number of hydrogen-bond acceptors (Lipinski definition) is 4. The van der Waals surface area contributed by atoms with Gasteiger partial charge in [0.1, 0.15) is 0 Å². The number of ketones is 1. The number of carbonyl (C=O) groups excluding carboxylic acids is 1. The van der Waals surface area contributed by atoms with Crippen LogP contribution in [0.25, 0.3) is 5.57 Å². The van der Waals surface area contributed by atoms with Crippen molar-refractivity contribution in [3.63, 3.8) is 0 Å². The van der Waals surface area contributed by atoms with Crippen LogP contribution >= 0.6 is 15.9 Å². The van der Waals surface area contributed by atoms with Crippen LogP contribution in [0.3, 0.4) is 0 Å². The normalized spacial score (nSPS) is 21.9. The second-order valence-corrected chi connectivity index (χ2v) is 11.6. The number of piperidine rings is 1. The molecule has 0 amide bonds. The summed E-state index contributed by atoms with van der Waals surface area (Å²) in [4.78, 5) is 19.0. The molecule has 2 aromatic rings. The average molecular weight is 516 g/mol. The molecule has 2 aromatic carbocycles. The zero-order valence-corrected chi connectivity index (χ0v) is 21.5. The number of rotatable bonds is 2. The fourth-order valence-corrected chi connectivity index (χ4v) is 7.27. The van der Waals surface area contributed by atoms with Crippen LogP contribution < -0.4 is 4.90 Å². The Hall–Kier alpha value is -2.42. The molecule has 2 heterocycles. The largest absolute Gasteiger partial charge is 0.370 e. The third-order valence-corrected chi connectivity index (χ3v) is 9.26. The molecule has 2 aliphatic heterocycles. The van der Waals surface area contributed by atoms with Gasteiger partial charge >= 0.3 is 0 Å². The predicted molar refractivity (Wildman–Crippen MR) is 139 cm³/mol. The Balaban J connectivity index is 1.33. The van der Waals surface area contributed by atoms with E-state index in [1.807, 2.05) is 18.2 Å². The standard InChI is InChI=1S/C29H30BrN3O/c1-29(2)23-16-26(33-11-7-20(8-12-33)32-9-3-4-10-32)25(30)15-22(23)28(34)27-21-6-5-18(17-31)13-19(21)14-24(27)29/h5-6,13,15-16,20H,3-4,7-12,14H2,1-2H3. The maximum atomic E-state index is 13.8. The van der Waals surface area contributed by atoms with Crippen molar-refractivity contribution in [2.75, 3.05) is 31.1 Å². The maximum Gasteiger partial charge on any atom is 0.193 e. The lowest BCUT2D eigenvalue weighted by molar-refractivity contribution is 0.105. The van der Waals surface area contributed by atoms with Gasteiger partial charge in [-0.1, -0.05) is 19.9 Å². The van der Waals surface area contributed by atoms with E-state index in [4.69, 9.17) is 0 Å². The van der Waals surface area contributed by atoms with E-state index >= 15 is 0 Å². The second-order valence-electron chi connectivity index (χ2n) is 10.8. The first-order valence-corrected chi connectivity index (χ1v) is 13.3. The monoisotopic (exact) mass is 515 g/mol. The van der Waals surface area contributed by atoms with Crippen molar-refractivity contribution in [3.05, 3.63) is 68.2 Å². The molecule has 0 spiro atoms. The number of Topliss-reactive ketones (excluding diaryl/α,β-unsaturated/α-hetero) is 1. The molecule has 0 atom stereocenters. The van der Waals surface area contributed by atoms with Crippen molar-refractivity contribution >= 4 is 33.0 Å². The zero-order valence-electron chi connectivity index (χ0n) is 20.0. The molecule has 0 N–H and O–H groups in total. The lowest BCUT2D eigenvalue weighted by Gasteiger charge is -2.40. The number of nitriles is 1. The number of benzene rings is 2. The minimum atomic E-state index is -0.242. The molecule has 34 heavy (non-hydrogen) atoms. The number of halogens is 1. The van der Waals surface area contributed by atoms with Crippen molar-refractivity contribution in [2.24, 2.45) is 0 Å². The summed E-state index contributed by atoms with van der Waals surface area (Å²) in [7, 11) is 0. The molecule has 0 bridgehead atoms. The SMILES string of the molecule is CC1(C)C2=C(C(=O)c3cc(Br)c(N4CCC(N5CCCC5)CC4)cc31)c1ccc(C#N)cc1C2. The summed E-state index contributed by atoms with van der Waals surface area (Å²) in [6.07, 6.45) is 5.85. The highest BCUT2D eigenvalue weighted by molar-refractivity contribution is 9.10. The topological polar surface area (TPSA) is 47.3 Å². The molecule has 174 valence electrons. The Bertz CT molecular complexity index is 1270. The highest BCUT2D eigenvalue weighted by Gasteiger charge is 2.43. The highest BCUT2D eigenvalue weighted by atomic mass is 79.9. The second kappa shape index (κ2) is 8.07. The minimum absolute atomic E-state index is 0.118. The quantitative estimate of drug-likeness (QED) is 0.501. The third kappa shape index (κ3) is 3.30. The number of likely N-dealkylation sites (tertiary alicyclic amines) is 1. The Morgan fingerprint density at radius 3 is 2.47 bits per heavy atom. The van der Waals surface area contributed by atoms with E-state index in [-0.39, 0.29) is 11.2 Å². The average Bonchev–Trinajstić information content (AvgIpc) is 3.51. The maximum absolute atomic E-state index is 13.8.